The number of benzene rings is 2. The molecule has 0 unspecified atom stereocenters. The van der Waals surface area contributed by atoms with Gasteiger partial charge >= 0.3 is 0 Å². The molecule has 24 heavy (non-hydrogen) atoms. The maximum absolute atomic E-state index is 10.1. The highest BCUT2D eigenvalue weighted by molar-refractivity contribution is 5.14. The van der Waals surface area contributed by atoms with Crippen molar-refractivity contribution in [3.63, 3.8) is 0 Å². The Bertz CT molecular complexity index is 568. The van der Waals surface area contributed by atoms with Crippen molar-refractivity contribution < 1.29 is 14.6 Å². The Balaban J connectivity index is 1.62. The highest BCUT2D eigenvalue weighted by atomic mass is 16.5. The monoisotopic (exact) mass is 326 g/mol. The Morgan fingerprint density at radius 3 is 2.08 bits per heavy atom. The quantitative estimate of drug-likeness (QED) is 0.499. The van der Waals surface area contributed by atoms with Crippen molar-refractivity contribution in [1.29, 1.82) is 0 Å². The first-order valence-electron chi connectivity index (χ1n) is 8.35. The van der Waals surface area contributed by atoms with Crippen LogP contribution in [0.15, 0.2) is 73.3 Å². The van der Waals surface area contributed by atoms with Gasteiger partial charge in [0.2, 0.25) is 0 Å². The fraction of sp³-hybridized carbons (Fsp3) is 0.333. The van der Waals surface area contributed by atoms with E-state index >= 15 is 0 Å². The topological polar surface area (TPSA) is 38.7 Å². The molecule has 3 nitrogen and oxygen atoms in total. The smallest absolute Gasteiger partial charge is 0.0782 e. The normalized spacial score (nSPS) is 13.4. The van der Waals surface area contributed by atoms with Gasteiger partial charge in [-0.25, -0.2) is 0 Å². The molecule has 0 aliphatic heterocycles. The summed E-state index contributed by atoms with van der Waals surface area (Å²) in [5.41, 5.74) is 2.26. The van der Waals surface area contributed by atoms with Crippen molar-refractivity contribution in [3.05, 3.63) is 84.4 Å². The molecule has 2 rings (SSSR count). The van der Waals surface area contributed by atoms with Crippen molar-refractivity contribution in [3.8, 4) is 0 Å². The highest BCUT2D eigenvalue weighted by Crippen LogP contribution is 2.11. The summed E-state index contributed by atoms with van der Waals surface area (Å²) >= 11 is 0. The van der Waals surface area contributed by atoms with E-state index in [4.69, 9.17) is 9.47 Å². The fourth-order valence-electron chi connectivity index (χ4n) is 2.38. The van der Waals surface area contributed by atoms with E-state index in [9.17, 15) is 5.11 Å². The zero-order valence-corrected chi connectivity index (χ0v) is 14.0. The van der Waals surface area contributed by atoms with Crippen LogP contribution in [0.4, 0.5) is 0 Å². The van der Waals surface area contributed by atoms with Gasteiger partial charge in [-0.15, -0.1) is 6.58 Å². The van der Waals surface area contributed by atoms with Crippen LogP contribution in [-0.2, 0) is 22.7 Å². The average molecular weight is 326 g/mol. The predicted molar refractivity (Wildman–Crippen MR) is 96.6 cm³/mol. The van der Waals surface area contributed by atoms with Gasteiger partial charge < -0.3 is 14.6 Å². The van der Waals surface area contributed by atoms with Crippen LogP contribution in [-0.4, -0.2) is 23.9 Å². The lowest BCUT2D eigenvalue weighted by molar-refractivity contribution is 0.0153. The van der Waals surface area contributed by atoms with Gasteiger partial charge in [0.25, 0.3) is 0 Å². The minimum absolute atomic E-state index is 0.158. The Kier molecular flexibility index (Phi) is 8.25. The molecule has 0 amide bonds. The number of aliphatic hydroxyl groups excluding tert-OH is 1. The summed E-state index contributed by atoms with van der Waals surface area (Å²) in [5, 5.41) is 10.1. The Morgan fingerprint density at radius 1 is 0.917 bits per heavy atom. The van der Waals surface area contributed by atoms with Crippen LogP contribution in [0.5, 0.6) is 0 Å². The van der Waals surface area contributed by atoms with Crippen LogP contribution in [0.25, 0.3) is 0 Å². The summed E-state index contributed by atoms with van der Waals surface area (Å²) < 4.78 is 11.4. The van der Waals surface area contributed by atoms with Crippen LogP contribution in [0.1, 0.15) is 24.0 Å². The SMILES string of the molecule is C=C[C@H](C[C@H](O)CCOCc1ccccc1)OCc1ccccc1. The second-order valence-corrected chi connectivity index (χ2v) is 5.79. The van der Waals surface area contributed by atoms with Crippen LogP contribution in [0.2, 0.25) is 0 Å². The standard InChI is InChI=1S/C21H26O3/c1-2-21(24-17-19-11-7-4-8-12-19)15-20(22)13-14-23-16-18-9-5-3-6-10-18/h2-12,20-22H,1,13-17H2/t20-,21-/m1/s1. The van der Waals surface area contributed by atoms with Gasteiger partial charge in [-0.3, -0.25) is 0 Å². The van der Waals surface area contributed by atoms with Crippen molar-refractivity contribution in [2.75, 3.05) is 6.61 Å². The minimum Gasteiger partial charge on any atom is -0.393 e. The summed E-state index contributed by atoms with van der Waals surface area (Å²) in [6, 6.07) is 20.0. The fourth-order valence-corrected chi connectivity index (χ4v) is 2.38. The third-order valence-corrected chi connectivity index (χ3v) is 3.78. The average Bonchev–Trinajstić information content (AvgIpc) is 2.64. The second-order valence-electron chi connectivity index (χ2n) is 5.79. The molecule has 3 heteroatoms. The number of hydrogen-bond donors (Lipinski definition) is 1. The van der Waals surface area contributed by atoms with Gasteiger partial charge in [-0.1, -0.05) is 66.7 Å². The Morgan fingerprint density at radius 2 is 1.50 bits per heavy atom. The number of aliphatic hydroxyl groups is 1. The third kappa shape index (κ3) is 7.09. The molecule has 0 fully saturated rings. The molecule has 0 heterocycles. The van der Waals surface area contributed by atoms with E-state index < -0.39 is 6.10 Å². The van der Waals surface area contributed by atoms with Crippen LogP contribution >= 0.6 is 0 Å². The molecule has 0 aliphatic rings. The molecule has 0 bridgehead atoms. The van der Waals surface area contributed by atoms with E-state index in [0.29, 0.717) is 32.7 Å². The molecular formula is C21H26O3. The van der Waals surface area contributed by atoms with Gasteiger partial charge in [-0.05, 0) is 17.5 Å². The van der Waals surface area contributed by atoms with Gasteiger partial charge in [0.05, 0.1) is 25.4 Å². The maximum Gasteiger partial charge on any atom is 0.0782 e. The Labute approximate surface area is 144 Å². The summed E-state index contributed by atoms with van der Waals surface area (Å²) in [7, 11) is 0. The van der Waals surface area contributed by atoms with Crippen LogP contribution in [0.3, 0.4) is 0 Å². The number of hydrogen-bond acceptors (Lipinski definition) is 3. The molecule has 0 saturated carbocycles. The molecule has 128 valence electrons. The van der Waals surface area contributed by atoms with Crippen LogP contribution in [0, 0.1) is 0 Å². The second kappa shape index (κ2) is 10.8. The highest BCUT2D eigenvalue weighted by Gasteiger charge is 2.12. The lowest BCUT2D eigenvalue weighted by Crippen LogP contribution is -2.20. The molecule has 0 saturated heterocycles. The van der Waals surface area contributed by atoms with E-state index in [2.05, 4.69) is 6.58 Å². The minimum atomic E-state index is -0.459. The van der Waals surface area contributed by atoms with Gasteiger partial charge in [-0.2, -0.15) is 0 Å². The molecule has 1 N–H and O–H groups in total. The predicted octanol–water partition coefficient (Wildman–Crippen LogP) is 4.12. The van der Waals surface area contributed by atoms with Crippen molar-refractivity contribution in [2.24, 2.45) is 0 Å². The largest absolute Gasteiger partial charge is 0.393 e. The molecule has 0 aliphatic carbocycles. The molecule has 0 radical (unpaired) electrons. The van der Waals surface area contributed by atoms with Crippen LogP contribution < -0.4 is 0 Å². The third-order valence-electron chi connectivity index (χ3n) is 3.78. The first kappa shape index (κ1) is 18.4. The molecule has 2 aromatic carbocycles. The first-order valence-corrected chi connectivity index (χ1v) is 8.35. The summed E-state index contributed by atoms with van der Waals surface area (Å²) in [6.45, 7) is 5.42. The van der Waals surface area contributed by atoms with Gasteiger partial charge in [0, 0.05) is 13.0 Å². The molecule has 0 aromatic heterocycles. The van der Waals surface area contributed by atoms with Crippen molar-refractivity contribution in [1.82, 2.24) is 0 Å². The van der Waals surface area contributed by atoms with E-state index in [1.54, 1.807) is 6.08 Å². The number of rotatable bonds is 11. The zero-order chi connectivity index (χ0) is 17.0. The van der Waals surface area contributed by atoms with E-state index in [-0.39, 0.29) is 6.10 Å². The van der Waals surface area contributed by atoms with Crippen molar-refractivity contribution >= 4 is 0 Å². The molecule has 0 spiro atoms. The number of ether oxygens (including phenoxy) is 2. The first-order chi connectivity index (χ1) is 11.8. The van der Waals surface area contributed by atoms with E-state index in [0.717, 1.165) is 11.1 Å². The van der Waals surface area contributed by atoms with E-state index in [1.807, 2.05) is 60.7 Å². The lowest BCUT2D eigenvalue weighted by Gasteiger charge is -2.18. The summed E-state index contributed by atoms with van der Waals surface area (Å²) in [5.74, 6) is 0. The molecular weight excluding hydrogens is 300 g/mol. The summed E-state index contributed by atoms with van der Waals surface area (Å²) in [6.07, 6.45) is 2.25. The maximum atomic E-state index is 10.1. The summed E-state index contributed by atoms with van der Waals surface area (Å²) in [4.78, 5) is 0. The van der Waals surface area contributed by atoms with Gasteiger partial charge in [0.15, 0.2) is 0 Å². The molecule has 2 aromatic rings. The van der Waals surface area contributed by atoms with Gasteiger partial charge in [0.1, 0.15) is 0 Å². The zero-order valence-electron chi connectivity index (χ0n) is 14.0. The van der Waals surface area contributed by atoms with Crippen molar-refractivity contribution in [2.45, 2.75) is 38.3 Å². The van der Waals surface area contributed by atoms with E-state index in [1.165, 1.54) is 0 Å². The molecule has 2 atom stereocenters. The Hall–Kier alpha value is -1.94. The lowest BCUT2D eigenvalue weighted by atomic mass is 10.1.